The summed E-state index contributed by atoms with van der Waals surface area (Å²) in [5.41, 5.74) is 1.44. The van der Waals surface area contributed by atoms with E-state index in [0.29, 0.717) is 0 Å². The summed E-state index contributed by atoms with van der Waals surface area (Å²) in [6, 6.07) is 0. The monoisotopic (exact) mass is 210 g/mol. The van der Waals surface area contributed by atoms with Crippen LogP contribution >= 0.6 is 0 Å². The Balaban J connectivity index is 2.05. The van der Waals surface area contributed by atoms with E-state index in [1.165, 1.54) is 12.8 Å². The molecule has 0 radical (unpaired) electrons. The molecule has 86 valence electrons. The topological polar surface area (TPSA) is 18.5 Å². The number of rotatable bonds is 2. The normalized spacial score (nSPS) is 34.1. The summed E-state index contributed by atoms with van der Waals surface area (Å²) in [6.45, 7) is 9.25. The van der Waals surface area contributed by atoms with Crippen molar-refractivity contribution in [2.45, 2.75) is 58.3 Å². The Kier molecular flexibility index (Phi) is 2.68. The Labute approximate surface area is 92.6 Å². The van der Waals surface area contributed by atoms with E-state index < -0.39 is 5.79 Å². The van der Waals surface area contributed by atoms with Crippen LogP contribution in [0.1, 0.15) is 47.0 Å². The van der Waals surface area contributed by atoms with Crippen molar-refractivity contribution in [3.8, 4) is 0 Å². The molecule has 2 heteroatoms. The molecule has 1 aliphatic carbocycles. The molecule has 1 unspecified atom stereocenters. The van der Waals surface area contributed by atoms with Gasteiger partial charge in [-0.05, 0) is 39.0 Å². The molecule has 1 fully saturated rings. The fourth-order valence-corrected chi connectivity index (χ4v) is 2.61. The molecule has 2 rings (SSSR count). The molecule has 1 spiro atoms. The van der Waals surface area contributed by atoms with E-state index in [2.05, 4.69) is 19.9 Å². The third-order valence-electron chi connectivity index (χ3n) is 3.12. The van der Waals surface area contributed by atoms with Crippen molar-refractivity contribution in [1.29, 1.82) is 0 Å². The van der Waals surface area contributed by atoms with Gasteiger partial charge in [-0.2, -0.15) is 0 Å². The van der Waals surface area contributed by atoms with Gasteiger partial charge in [0.1, 0.15) is 5.60 Å². The van der Waals surface area contributed by atoms with Gasteiger partial charge in [-0.15, -0.1) is 0 Å². The summed E-state index contributed by atoms with van der Waals surface area (Å²) >= 11 is 0. The van der Waals surface area contributed by atoms with Crippen molar-refractivity contribution in [1.82, 2.24) is 0 Å². The number of allylic oxidation sites excluding steroid dienone is 1. The van der Waals surface area contributed by atoms with Crippen molar-refractivity contribution in [2.24, 2.45) is 5.92 Å². The van der Waals surface area contributed by atoms with Crippen LogP contribution in [0.2, 0.25) is 0 Å². The van der Waals surface area contributed by atoms with Gasteiger partial charge in [0.25, 0.3) is 0 Å². The van der Waals surface area contributed by atoms with Crippen LogP contribution in [0.4, 0.5) is 0 Å². The second kappa shape index (κ2) is 3.60. The molecule has 2 nitrogen and oxygen atoms in total. The highest BCUT2D eigenvalue weighted by atomic mass is 16.8. The molecule has 0 saturated carbocycles. The fraction of sp³-hybridized carbons (Fsp3) is 0.846. The van der Waals surface area contributed by atoms with Crippen molar-refractivity contribution in [3.63, 3.8) is 0 Å². The summed E-state index contributed by atoms with van der Waals surface area (Å²) in [7, 11) is 0. The van der Waals surface area contributed by atoms with E-state index >= 15 is 0 Å². The third kappa shape index (κ3) is 2.43. The van der Waals surface area contributed by atoms with Gasteiger partial charge in [0.05, 0.1) is 6.61 Å². The minimum Gasteiger partial charge on any atom is -0.347 e. The van der Waals surface area contributed by atoms with Gasteiger partial charge in [-0.25, -0.2) is 0 Å². The van der Waals surface area contributed by atoms with E-state index in [1.54, 1.807) is 5.57 Å². The van der Waals surface area contributed by atoms with Crippen LogP contribution in [-0.2, 0) is 9.47 Å². The highest BCUT2D eigenvalue weighted by molar-refractivity contribution is 5.21. The average molecular weight is 210 g/mol. The molecule has 0 N–H and O–H groups in total. The Morgan fingerprint density at radius 3 is 2.67 bits per heavy atom. The first-order chi connectivity index (χ1) is 6.91. The van der Waals surface area contributed by atoms with Gasteiger partial charge >= 0.3 is 0 Å². The van der Waals surface area contributed by atoms with E-state index in [4.69, 9.17) is 9.47 Å². The Hall–Kier alpha value is -0.340. The van der Waals surface area contributed by atoms with Gasteiger partial charge in [-0.1, -0.05) is 25.5 Å². The lowest BCUT2D eigenvalue weighted by Crippen LogP contribution is -2.29. The lowest BCUT2D eigenvalue weighted by molar-refractivity contribution is -0.151. The Morgan fingerprint density at radius 1 is 1.40 bits per heavy atom. The zero-order chi connectivity index (χ0) is 11.1. The van der Waals surface area contributed by atoms with Crippen molar-refractivity contribution < 1.29 is 9.47 Å². The van der Waals surface area contributed by atoms with Crippen molar-refractivity contribution in [2.75, 3.05) is 6.61 Å². The molecule has 1 saturated heterocycles. The van der Waals surface area contributed by atoms with Gasteiger partial charge in [0, 0.05) is 0 Å². The first-order valence-corrected chi connectivity index (χ1v) is 5.96. The standard InChI is InChI=1S/C13H22O2/c1-10(2)7-11-5-6-13(8-11)9-14-12(3,4)15-13/h8,10H,5-7,9H2,1-4H3. The van der Waals surface area contributed by atoms with Crippen LogP contribution < -0.4 is 0 Å². The van der Waals surface area contributed by atoms with E-state index in [0.717, 1.165) is 18.9 Å². The van der Waals surface area contributed by atoms with Crippen LogP contribution in [-0.4, -0.2) is 18.0 Å². The maximum atomic E-state index is 6.01. The Morgan fingerprint density at radius 2 is 2.13 bits per heavy atom. The maximum Gasteiger partial charge on any atom is 0.164 e. The molecule has 1 aliphatic heterocycles. The number of ether oxygens (including phenoxy) is 2. The zero-order valence-corrected chi connectivity index (χ0v) is 10.3. The molecule has 1 heterocycles. The van der Waals surface area contributed by atoms with Crippen LogP contribution in [0.15, 0.2) is 11.6 Å². The highest BCUT2D eigenvalue weighted by Gasteiger charge is 2.46. The van der Waals surface area contributed by atoms with Crippen LogP contribution in [0.3, 0.4) is 0 Å². The highest BCUT2D eigenvalue weighted by Crippen LogP contribution is 2.42. The molecule has 1 atom stereocenters. The molecular formula is C13H22O2. The van der Waals surface area contributed by atoms with E-state index in [1.807, 2.05) is 13.8 Å². The molecule has 2 aliphatic rings. The minimum atomic E-state index is -0.399. The summed E-state index contributed by atoms with van der Waals surface area (Å²) < 4.78 is 11.7. The van der Waals surface area contributed by atoms with Gasteiger partial charge < -0.3 is 9.47 Å². The van der Waals surface area contributed by atoms with Crippen LogP contribution in [0.25, 0.3) is 0 Å². The lowest BCUT2D eigenvalue weighted by atomic mass is 10.0. The second-order valence-corrected chi connectivity index (χ2v) is 5.76. The van der Waals surface area contributed by atoms with Gasteiger partial charge in [0.2, 0.25) is 0 Å². The predicted molar refractivity (Wildman–Crippen MR) is 60.6 cm³/mol. The first-order valence-electron chi connectivity index (χ1n) is 5.96. The summed E-state index contributed by atoms with van der Waals surface area (Å²) in [5.74, 6) is 0.339. The van der Waals surface area contributed by atoms with Crippen LogP contribution in [0, 0.1) is 5.92 Å². The Bertz CT molecular complexity index is 278. The van der Waals surface area contributed by atoms with Gasteiger partial charge in [0.15, 0.2) is 5.79 Å². The smallest absolute Gasteiger partial charge is 0.164 e. The zero-order valence-electron chi connectivity index (χ0n) is 10.3. The SMILES string of the molecule is CC(C)CC1=CC2(CC1)COC(C)(C)O2. The molecule has 0 amide bonds. The summed E-state index contributed by atoms with van der Waals surface area (Å²) in [4.78, 5) is 0. The van der Waals surface area contributed by atoms with E-state index in [-0.39, 0.29) is 5.60 Å². The molecular weight excluding hydrogens is 188 g/mol. The van der Waals surface area contributed by atoms with Crippen LogP contribution in [0.5, 0.6) is 0 Å². The predicted octanol–water partition coefficient (Wildman–Crippen LogP) is 3.27. The summed E-state index contributed by atoms with van der Waals surface area (Å²) in [5, 5.41) is 0. The second-order valence-electron chi connectivity index (χ2n) is 5.76. The number of hydrogen-bond acceptors (Lipinski definition) is 2. The molecule has 0 aromatic heterocycles. The minimum absolute atomic E-state index is 0.103. The van der Waals surface area contributed by atoms with Crippen molar-refractivity contribution >= 4 is 0 Å². The quantitative estimate of drug-likeness (QED) is 0.651. The summed E-state index contributed by atoms with van der Waals surface area (Å²) in [6.07, 6.45) is 5.80. The molecule has 0 bridgehead atoms. The van der Waals surface area contributed by atoms with Crippen molar-refractivity contribution in [3.05, 3.63) is 11.6 Å². The maximum absolute atomic E-state index is 6.01. The largest absolute Gasteiger partial charge is 0.347 e. The molecule has 0 aromatic carbocycles. The lowest BCUT2D eigenvalue weighted by Gasteiger charge is -2.22. The molecule has 15 heavy (non-hydrogen) atoms. The number of hydrogen-bond donors (Lipinski definition) is 0. The first kappa shape index (κ1) is 11.2. The fourth-order valence-electron chi connectivity index (χ4n) is 2.61. The van der Waals surface area contributed by atoms with E-state index in [9.17, 15) is 0 Å². The van der Waals surface area contributed by atoms with Gasteiger partial charge in [-0.3, -0.25) is 0 Å². The third-order valence-corrected chi connectivity index (χ3v) is 3.12. The molecule has 0 aromatic rings. The average Bonchev–Trinajstić information content (AvgIpc) is 2.57.